The van der Waals surface area contributed by atoms with Crippen LogP contribution in [0.5, 0.6) is 0 Å². The lowest BCUT2D eigenvalue weighted by molar-refractivity contribution is -0.140. The minimum absolute atomic E-state index is 0.149. The van der Waals surface area contributed by atoms with Crippen LogP contribution in [0.3, 0.4) is 0 Å². The molecule has 17 heavy (non-hydrogen) atoms. The van der Waals surface area contributed by atoms with E-state index in [0.717, 1.165) is 16.7 Å². The van der Waals surface area contributed by atoms with Gasteiger partial charge in [-0.05, 0) is 27.9 Å². The summed E-state index contributed by atoms with van der Waals surface area (Å²) in [6, 6.07) is 0. The van der Waals surface area contributed by atoms with Crippen molar-refractivity contribution in [1.29, 1.82) is 0 Å². The highest BCUT2D eigenvalue weighted by molar-refractivity contribution is 7.13. The molecule has 0 amide bonds. The SMILES string of the molecule is CN(C)C(C)(C)CNc1nc(C(F)(F)F)cs1. The molecule has 0 aliphatic carbocycles. The summed E-state index contributed by atoms with van der Waals surface area (Å²) >= 11 is 0.968. The number of halogens is 3. The van der Waals surface area contributed by atoms with Crippen LogP contribution in [0.15, 0.2) is 5.38 Å². The van der Waals surface area contributed by atoms with E-state index in [1.165, 1.54) is 0 Å². The average molecular weight is 267 g/mol. The van der Waals surface area contributed by atoms with Crippen LogP contribution in [0.25, 0.3) is 0 Å². The summed E-state index contributed by atoms with van der Waals surface area (Å²) in [5, 5.41) is 4.24. The molecule has 0 saturated carbocycles. The fraction of sp³-hybridized carbons (Fsp3) is 0.700. The van der Waals surface area contributed by atoms with Crippen LogP contribution >= 0.6 is 11.3 Å². The number of hydrogen-bond acceptors (Lipinski definition) is 4. The van der Waals surface area contributed by atoms with Gasteiger partial charge in [-0.1, -0.05) is 0 Å². The van der Waals surface area contributed by atoms with Gasteiger partial charge in [0.2, 0.25) is 0 Å². The molecule has 3 nitrogen and oxygen atoms in total. The van der Waals surface area contributed by atoms with Gasteiger partial charge in [0.25, 0.3) is 0 Å². The Morgan fingerprint density at radius 3 is 2.35 bits per heavy atom. The third-order valence-corrected chi connectivity index (χ3v) is 3.48. The molecular weight excluding hydrogens is 251 g/mol. The first-order valence-electron chi connectivity index (χ1n) is 5.07. The predicted molar refractivity (Wildman–Crippen MR) is 63.4 cm³/mol. The molecule has 0 bridgehead atoms. The van der Waals surface area contributed by atoms with Crippen molar-refractivity contribution in [1.82, 2.24) is 9.88 Å². The van der Waals surface area contributed by atoms with Crippen molar-refractivity contribution in [3.05, 3.63) is 11.1 Å². The molecule has 0 aromatic carbocycles. The summed E-state index contributed by atoms with van der Waals surface area (Å²) in [5.74, 6) is 0. The van der Waals surface area contributed by atoms with E-state index in [2.05, 4.69) is 10.3 Å². The smallest absolute Gasteiger partial charge is 0.360 e. The van der Waals surface area contributed by atoms with Gasteiger partial charge in [-0.3, -0.25) is 0 Å². The van der Waals surface area contributed by atoms with Gasteiger partial charge < -0.3 is 10.2 Å². The fourth-order valence-electron chi connectivity index (χ4n) is 0.935. The van der Waals surface area contributed by atoms with Crippen molar-refractivity contribution in [3.63, 3.8) is 0 Å². The average Bonchev–Trinajstić information content (AvgIpc) is 2.62. The molecular formula is C10H16F3N3S. The third-order valence-electron chi connectivity index (χ3n) is 2.68. The van der Waals surface area contributed by atoms with Gasteiger partial charge in [0.1, 0.15) is 0 Å². The van der Waals surface area contributed by atoms with Crippen molar-refractivity contribution in [3.8, 4) is 0 Å². The highest BCUT2D eigenvalue weighted by Gasteiger charge is 2.33. The first-order valence-corrected chi connectivity index (χ1v) is 5.95. The number of thiazole rings is 1. The topological polar surface area (TPSA) is 28.2 Å². The second-order valence-corrected chi connectivity index (χ2v) is 5.45. The van der Waals surface area contributed by atoms with Gasteiger partial charge in [0.15, 0.2) is 10.8 Å². The number of nitrogens with one attached hydrogen (secondary N) is 1. The van der Waals surface area contributed by atoms with E-state index in [0.29, 0.717) is 11.7 Å². The summed E-state index contributed by atoms with van der Waals surface area (Å²) in [4.78, 5) is 5.51. The third kappa shape index (κ3) is 3.85. The maximum atomic E-state index is 12.3. The summed E-state index contributed by atoms with van der Waals surface area (Å²) in [6.07, 6.45) is -4.37. The van der Waals surface area contributed by atoms with E-state index >= 15 is 0 Å². The molecule has 0 fully saturated rings. The van der Waals surface area contributed by atoms with E-state index in [4.69, 9.17) is 0 Å². The molecule has 1 aromatic heterocycles. The van der Waals surface area contributed by atoms with E-state index in [1.807, 2.05) is 32.8 Å². The summed E-state index contributed by atoms with van der Waals surface area (Å²) in [5.41, 5.74) is -0.989. The lowest BCUT2D eigenvalue weighted by atomic mass is 10.1. The van der Waals surface area contributed by atoms with Crippen LogP contribution in [0.1, 0.15) is 19.5 Å². The lowest BCUT2D eigenvalue weighted by Gasteiger charge is -2.32. The molecule has 1 heterocycles. The molecule has 0 unspecified atom stereocenters. The maximum Gasteiger partial charge on any atom is 0.434 e. The summed E-state index contributed by atoms with van der Waals surface area (Å²) < 4.78 is 36.9. The van der Waals surface area contributed by atoms with Crippen LogP contribution in [0.4, 0.5) is 18.3 Å². The van der Waals surface area contributed by atoms with E-state index in [9.17, 15) is 13.2 Å². The van der Waals surface area contributed by atoms with Gasteiger partial charge in [0.05, 0.1) is 0 Å². The Balaban J connectivity index is 2.63. The second kappa shape index (κ2) is 4.81. The number of rotatable bonds is 4. The summed E-state index contributed by atoms with van der Waals surface area (Å²) in [7, 11) is 3.84. The Labute approximate surface area is 103 Å². The highest BCUT2D eigenvalue weighted by Crippen LogP contribution is 2.31. The van der Waals surface area contributed by atoms with Gasteiger partial charge in [-0.2, -0.15) is 13.2 Å². The number of anilines is 1. The zero-order valence-electron chi connectivity index (χ0n) is 10.2. The summed E-state index contributed by atoms with van der Waals surface area (Å²) in [6.45, 7) is 4.53. The molecule has 0 atom stereocenters. The van der Waals surface area contributed by atoms with Crippen molar-refractivity contribution in [2.24, 2.45) is 0 Å². The maximum absolute atomic E-state index is 12.3. The molecule has 0 saturated heterocycles. The van der Waals surface area contributed by atoms with Crippen LogP contribution in [-0.4, -0.2) is 36.1 Å². The van der Waals surface area contributed by atoms with Crippen molar-refractivity contribution >= 4 is 16.5 Å². The number of alkyl halides is 3. The van der Waals surface area contributed by atoms with E-state index in [-0.39, 0.29) is 5.54 Å². The zero-order valence-corrected chi connectivity index (χ0v) is 11.0. The van der Waals surface area contributed by atoms with Gasteiger partial charge in [0, 0.05) is 17.5 Å². The molecule has 98 valence electrons. The number of hydrogen-bond donors (Lipinski definition) is 1. The van der Waals surface area contributed by atoms with E-state index < -0.39 is 11.9 Å². The predicted octanol–water partition coefficient (Wildman–Crippen LogP) is 2.91. The Morgan fingerprint density at radius 1 is 1.35 bits per heavy atom. The largest absolute Gasteiger partial charge is 0.434 e. The number of aromatic nitrogens is 1. The molecule has 0 aliphatic rings. The Hall–Kier alpha value is -0.820. The fourth-order valence-corrected chi connectivity index (χ4v) is 1.65. The standard InChI is InChI=1S/C10H16F3N3S/c1-9(2,16(3)4)6-14-8-15-7(5-17-8)10(11,12)13/h5H,6H2,1-4H3,(H,14,15). The first kappa shape index (κ1) is 14.2. The molecule has 0 radical (unpaired) electrons. The number of nitrogens with zero attached hydrogens (tertiary/aromatic N) is 2. The molecule has 1 rings (SSSR count). The minimum Gasteiger partial charge on any atom is -0.360 e. The monoisotopic (exact) mass is 267 g/mol. The Kier molecular flexibility index (Phi) is 4.03. The zero-order chi connectivity index (χ0) is 13.3. The number of likely N-dealkylation sites (N-methyl/N-ethyl adjacent to an activating group) is 1. The molecule has 1 aromatic rings. The molecule has 1 N–H and O–H groups in total. The molecule has 0 spiro atoms. The Morgan fingerprint density at radius 2 is 1.94 bits per heavy atom. The van der Waals surface area contributed by atoms with Crippen molar-refractivity contribution < 1.29 is 13.2 Å². The highest BCUT2D eigenvalue weighted by atomic mass is 32.1. The first-order chi connectivity index (χ1) is 7.63. The van der Waals surface area contributed by atoms with Gasteiger partial charge in [-0.25, -0.2) is 4.98 Å². The lowest BCUT2D eigenvalue weighted by Crippen LogP contribution is -2.44. The van der Waals surface area contributed by atoms with Crippen LogP contribution in [0, 0.1) is 0 Å². The second-order valence-electron chi connectivity index (χ2n) is 4.60. The van der Waals surface area contributed by atoms with E-state index in [1.54, 1.807) is 0 Å². The van der Waals surface area contributed by atoms with Gasteiger partial charge >= 0.3 is 6.18 Å². The molecule has 7 heteroatoms. The quantitative estimate of drug-likeness (QED) is 0.909. The van der Waals surface area contributed by atoms with Gasteiger partial charge in [-0.15, -0.1) is 11.3 Å². The minimum atomic E-state index is -4.37. The van der Waals surface area contributed by atoms with Crippen molar-refractivity contribution in [2.45, 2.75) is 25.6 Å². The van der Waals surface area contributed by atoms with Crippen LogP contribution in [-0.2, 0) is 6.18 Å². The van der Waals surface area contributed by atoms with Crippen molar-refractivity contribution in [2.75, 3.05) is 26.0 Å². The van der Waals surface area contributed by atoms with Crippen LogP contribution in [0.2, 0.25) is 0 Å². The normalized spacial score (nSPS) is 13.2. The van der Waals surface area contributed by atoms with Crippen LogP contribution < -0.4 is 5.32 Å². The molecule has 0 aliphatic heterocycles. The Bertz CT molecular complexity index is 371.